The molecule has 0 aliphatic carbocycles. The molecule has 0 spiro atoms. The number of methoxy groups -OCH3 is 3. The molecule has 1 heterocycles. The first-order valence-corrected chi connectivity index (χ1v) is 12.1. The lowest BCUT2D eigenvalue weighted by Gasteiger charge is -2.15. The summed E-state index contributed by atoms with van der Waals surface area (Å²) in [7, 11) is 2.62. The van der Waals surface area contributed by atoms with Gasteiger partial charge in [0.15, 0.2) is 23.1 Å². The third-order valence-corrected chi connectivity index (χ3v) is 5.97. The van der Waals surface area contributed by atoms with E-state index in [0.29, 0.717) is 40.9 Å². The van der Waals surface area contributed by atoms with Gasteiger partial charge in [0.1, 0.15) is 0 Å². The lowest BCUT2D eigenvalue weighted by molar-refractivity contribution is 0.324. The summed E-state index contributed by atoms with van der Waals surface area (Å²) in [6, 6.07) is 9.72. The Labute approximate surface area is 203 Å². The minimum Gasteiger partial charge on any atom is -0.493 e. The maximum atomic E-state index is 14.5. The largest absolute Gasteiger partial charge is 0.493 e. The second-order valence-corrected chi connectivity index (χ2v) is 9.00. The van der Waals surface area contributed by atoms with E-state index < -0.39 is 15.8 Å². The van der Waals surface area contributed by atoms with Crippen molar-refractivity contribution in [1.82, 2.24) is 15.3 Å². The van der Waals surface area contributed by atoms with Crippen LogP contribution in [0.25, 0.3) is 0 Å². The minimum atomic E-state index is -3.53. The maximum absolute atomic E-state index is 14.5. The molecule has 11 nitrogen and oxygen atoms in total. The van der Waals surface area contributed by atoms with Crippen molar-refractivity contribution >= 4 is 38.9 Å². The number of rotatable bonds is 12. The van der Waals surface area contributed by atoms with E-state index in [-0.39, 0.29) is 17.5 Å². The molecule has 13 heteroatoms. The normalized spacial score (nSPS) is 11.0. The number of anilines is 5. The van der Waals surface area contributed by atoms with Crippen molar-refractivity contribution in [1.29, 1.82) is 0 Å². The average molecular weight is 507 g/mol. The SMILES string of the molecule is CNCCS(=O)(=O)Nc1cccc(Nc2nc(Nc3cc(OC)c(OC)c(OC)c3)ncc2F)c1. The number of nitrogens with one attached hydrogen (secondary N) is 4. The molecule has 0 atom stereocenters. The Bertz CT molecular complexity index is 1250. The summed E-state index contributed by atoms with van der Waals surface area (Å²) in [6.07, 6.45) is 1.01. The van der Waals surface area contributed by atoms with Crippen molar-refractivity contribution < 1.29 is 27.0 Å². The van der Waals surface area contributed by atoms with Gasteiger partial charge in [0, 0.05) is 30.1 Å². The number of halogens is 1. The quantitative estimate of drug-likeness (QED) is 0.290. The highest BCUT2D eigenvalue weighted by Gasteiger charge is 2.15. The van der Waals surface area contributed by atoms with Crippen LogP contribution in [0.4, 0.5) is 33.2 Å². The molecule has 0 fully saturated rings. The Balaban J connectivity index is 1.81. The van der Waals surface area contributed by atoms with Crippen molar-refractivity contribution in [3.8, 4) is 17.2 Å². The van der Waals surface area contributed by atoms with E-state index in [9.17, 15) is 12.8 Å². The van der Waals surface area contributed by atoms with Gasteiger partial charge in [0.05, 0.1) is 39.0 Å². The molecule has 0 aliphatic rings. The molecule has 0 aliphatic heterocycles. The molecule has 0 saturated heterocycles. The van der Waals surface area contributed by atoms with E-state index >= 15 is 0 Å². The fourth-order valence-electron chi connectivity index (χ4n) is 3.06. The lowest BCUT2D eigenvalue weighted by Crippen LogP contribution is -2.24. The molecule has 3 aromatic rings. The molecule has 0 radical (unpaired) electrons. The average Bonchev–Trinajstić information content (AvgIpc) is 2.84. The highest BCUT2D eigenvalue weighted by Crippen LogP contribution is 2.40. The highest BCUT2D eigenvalue weighted by atomic mass is 32.2. The van der Waals surface area contributed by atoms with Crippen molar-refractivity contribution in [2.45, 2.75) is 0 Å². The Hall–Kier alpha value is -3.84. The molecular formula is C22H27FN6O5S. The van der Waals surface area contributed by atoms with E-state index in [0.717, 1.165) is 6.20 Å². The molecular weight excluding hydrogens is 479 g/mol. The molecule has 188 valence electrons. The minimum absolute atomic E-state index is 0.0857. The summed E-state index contributed by atoms with van der Waals surface area (Å²) in [5.41, 5.74) is 1.28. The molecule has 0 bridgehead atoms. The Morgan fingerprint density at radius 1 is 0.943 bits per heavy atom. The van der Waals surface area contributed by atoms with E-state index in [1.807, 2.05) is 0 Å². The van der Waals surface area contributed by atoms with Gasteiger partial charge in [-0.2, -0.15) is 4.98 Å². The summed E-state index contributed by atoms with van der Waals surface area (Å²) in [5, 5.41) is 8.61. The van der Waals surface area contributed by atoms with E-state index in [2.05, 4.69) is 30.6 Å². The first-order valence-electron chi connectivity index (χ1n) is 10.4. The van der Waals surface area contributed by atoms with E-state index in [1.165, 1.54) is 27.4 Å². The fraction of sp³-hybridized carbons (Fsp3) is 0.273. The van der Waals surface area contributed by atoms with Crippen LogP contribution >= 0.6 is 0 Å². The summed E-state index contributed by atoms with van der Waals surface area (Å²) < 4.78 is 57.2. The lowest BCUT2D eigenvalue weighted by atomic mass is 10.2. The number of benzene rings is 2. The predicted octanol–water partition coefficient (Wildman–Crippen LogP) is 3.09. The predicted molar refractivity (Wildman–Crippen MR) is 132 cm³/mol. The van der Waals surface area contributed by atoms with Gasteiger partial charge < -0.3 is 30.2 Å². The van der Waals surface area contributed by atoms with Gasteiger partial charge in [0.2, 0.25) is 21.7 Å². The molecule has 0 saturated carbocycles. The molecule has 0 unspecified atom stereocenters. The standard InChI is InChI=1S/C22H27FN6O5S/c1-24-8-9-35(30,31)29-15-7-5-6-14(10-15)26-21-17(23)13-25-22(28-21)27-16-11-18(32-2)20(34-4)19(12-16)33-3/h5-7,10-13,24,29H,8-9H2,1-4H3,(H2,25,26,27,28). The van der Waals surface area contributed by atoms with E-state index in [1.54, 1.807) is 37.4 Å². The first-order chi connectivity index (χ1) is 16.8. The first kappa shape index (κ1) is 25.8. The second kappa shape index (κ2) is 11.5. The van der Waals surface area contributed by atoms with E-state index in [4.69, 9.17) is 14.2 Å². The maximum Gasteiger partial charge on any atom is 0.233 e. The summed E-state index contributed by atoms with van der Waals surface area (Å²) in [6.45, 7) is 0.307. The van der Waals surface area contributed by atoms with Crippen LogP contribution in [0.1, 0.15) is 0 Å². The topological polar surface area (TPSA) is 136 Å². The van der Waals surface area contributed by atoms with Gasteiger partial charge in [-0.25, -0.2) is 17.8 Å². The van der Waals surface area contributed by atoms with Gasteiger partial charge in [-0.3, -0.25) is 4.72 Å². The van der Waals surface area contributed by atoms with Gasteiger partial charge in [0.25, 0.3) is 0 Å². The van der Waals surface area contributed by atoms with Crippen LogP contribution in [0, 0.1) is 5.82 Å². The van der Waals surface area contributed by atoms with Gasteiger partial charge >= 0.3 is 0 Å². The Kier molecular flexibility index (Phi) is 8.49. The zero-order valence-electron chi connectivity index (χ0n) is 19.7. The van der Waals surface area contributed by atoms with Crippen LogP contribution in [0.5, 0.6) is 17.2 Å². The summed E-state index contributed by atoms with van der Waals surface area (Å²) >= 11 is 0. The number of aromatic nitrogens is 2. The van der Waals surface area contributed by atoms with Crippen molar-refractivity contribution in [3.63, 3.8) is 0 Å². The second-order valence-electron chi connectivity index (χ2n) is 7.16. The Morgan fingerprint density at radius 2 is 1.63 bits per heavy atom. The highest BCUT2D eigenvalue weighted by molar-refractivity contribution is 7.92. The number of hydrogen-bond acceptors (Lipinski definition) is 10. The zero-order chi connectivity index (χ0) is 25.4. The summed E-state index contributed by atoms with van der Waals surface area (Å²) in [5.74, 6) is 0.479. The van der Waals surface area contributed by atoms with Crippen LogP contribution in [0.2, 0.25) is 0 Å². The number of sulfonamides is 1. The molecule has 2 aromatic carbocycles. The summed E-state index contributed by atoms with van der Waals surface area (Å²) in [4.78, 5) is 8.17. The molecule has 1 aromatic heterocycles. The van der Waals surface area contributed by atoms with Crippen LogP contribution in [-0.2, 0) is 10.0 Å². The van der Waals surface area contributed by atoms with Gasteiger partial charge in [-0.15, -0.1) is 0 Å². The van der Waals surface area contributed by atoms with Crippen molar-refractivity contribution in [3.05, 3.63) is 48.4 Å². The van der Waals surface area contributed by atoms with Gasteiger partial charge in [-0.05, 0) is 25.2 Å². The molecule has 4 N–H and O–H groups in total. The molecule has 0 amide bonds. The van der Waals surface area contributed by atoms with Crippen molar-refractivity contribution in [2.24, 2.45) is 0 Å². The molecule has 3 rings (SSSR count). The van der Waals surface area contributed by atoms with Crippen LogP contribution in [0.3, 0.4) is 0 Å². The smallest absolute Gasteiger partial charge is 0.233 e. The zero-order valence-corrected chi connectivity index (χ0v) is 20.5. The van der Waals surface area contributed by atoms with Gasteiger partial charge in [-0.1, -0.05) is 6.07 Å². The van der Waals surface area contributed by atoms with Crippen molar-refractivity contribution in [2.75, 3.05) is 56.0 Å². The van der Waals surface area contributed by atoms with Crippen LogP contribution < -0.4 is 34.9 Å². The third kappa shape index (κ3) is 6.83. The van der Waals surface area contributed by atoms with Crippen LogP contribution in [-0.4, -0.2) is 59.1 Å². The number of hydrogen-bond donors (Lipinski definition) is 4. The third-order valence-electron chi connectivity index (χ3n) is 4.68. The molecule has 35 heavy (non-hydrogen) atoms. The fourth-order valence-corrected chi connectivity index (χ4v) is 4.12. The monoisotopic (exact) mass is 506 g/mol. The number of ether oxygens (including phenoxy) is 3. The number of nitrogens with zero attached hydrogens (tertiary/aromatic N) is 2. The van der Waals surface area contributed by atoms with Crippen LogP contribution in [0.15, 0.2) is 42.6 Å². The Morgan fingerprint density at radius 3 is 2.26 bits per heavy atom.